The van der Waals surface area contributed by atoms with E-state index in [9.17, 15) is 26.4 Å². The Morgan fingerprint density at radius 2 is 1.97 bits per heavy atom. The molecular formula is C19H19F3N2O4S2. The first-order valence-corrected chi connectivity index (χ1v) is 11.2. The van der Waals surface area contributed by atoms with E-state index >= 15 is 0 Å². The number of hydrogen-bond donors (Lipinski definition) is 1. The quantitative estimate of drug-likeness (QED) is 0.684. The molecule has 1 atom stereocenters. The topological polar surface area (TPSA) is 85.4 Å². The van der Waals surface area contributed by atoms with Crippen molar-refractivity contribution in [3.8, 4) is 5.75 Å². The van der Waals surface area contributed by atoms with Crippen LogP contribution in [0.4, 0.5) is 13.2 Å². The molecule has 1 unspecified atom stereocenters. The van der Waals surface area contributed by atoms with E-state index in [4.69, 9.17) is 4.74 Å². The second-order valence-electron chi connectivity index (χ2n) is 7.40. The number of aromatic nitrogens is 1. The van der Waals surface area contributed by atoms with Gasteiger partial charge in [0.05, 0.1) is 15.8 Å². The van der Waals surface area contributed by atoms with Crippen molar-refractivity contribution in [2.75, 3.05) is 0 Å². The van der Waals surface area contributed by atoms with E-state index in [-0.39, 0.29) is 15.7 Å². The van der Waals surface area contributed by atoms with Crippen LogP contribution in [0.15, 0.2) is 46.5 Å². The van der Waals surface area contributed by atoms with Crippen molar-refractivity contribution in [1.82, 2.24) is 9.71 Å². The maximum atomic E-state index is 12.8. The fraction of sp³-hybridized carbons (Fsp3) is 0.368. The summed E-state index contributed by atoms with van der Waals surface area (Å²) in [5.74, 6) is -0.607. The molecule has 1 aromatic heterocycles. The van der Waals surface area contributed by atoms with E-state index < -0.39 is 38.5 Å². The zero-order valence-corrected chi connectivity index (χ0v) is 17.9. The van der Waals surface area contributed by atoms with Gasteiger partial charge in [-0.3, -0.25) is 4.79 Å². The summed E-state index contributed by atoms with van der Waals surface area (Å²) in [5.41, 5.74) is -0.742. The van der Waals surface area contributed by atoms with Crippen molar-refractivity contribution in [1.29, 1.82) is 0 Å². The van der Waals surface area contributed by atoms with E-state index in [1.165, 1.54) is 13.0 Å². The first-order chi connectivity index (χ1) is 13.8. The molecule has 0 saturated carbocycles. The van der Waals surface area contributed by atoms with Gasteiger partial charge in [-0.05, 0) is 44.5 Å². The van der Waals surface area contributed by atoms with Crippen molar-refractivity contribution in [3.05, 3.63) is 47.7 Å². The molecule has 30 heavy (non-hydrogen) atoms. The summed E-state index contributed by atoms with van der Waals surface area (Å²) in [7, 11) is -4.21. The number of benzene rings is 1. The highest BCUT2D eigenvalue weighted by atomic mass is 32.2. The summed E-state index contributed by atoms with van der Waals surface area (Å²) in [5, 5.41) is -0.758. The number of halogens is 3. The number of sulfonamides is 1. The van der Waals surface area contributed by atoms with Gasteiger partial charge in [-0.2, -0.15) is 13.2 Å². The van der Waals surface area contributed by atoms with Gasteiger partial charge in [0.25, 0.3) is 10.0 Å². The number of carbonyl (C=O) groups excluding carboxylic acids is 1. The number of ether oxygens (including phenoxy) is 1. The number of alkyl halides is 3. The summed E-state index contributed by atoms with van der Waals surface area (Å²) >= 11 is 0.846. The predicted molar refractivity (Wildman–Crippen MR) is 105 cm³/mol. The van der Waals surface area contributed by atoms with Gasteiger partial charge in [-0.25, -0.2) is 18.1 Å². The lowest BCUT2D eigenvalue weighted by Gasteiger charge is -2.18. The summed E-state index contributed by atoms with van der Waals surface area (Å²) in [6.45, 7) is 5.10. The Labute approximate surface area is 176 Å². The second kappa shape index (κ2) is 7.77. The number of amides is 1. The molecule has 11 heteroatoms. The third kappa shape index (κ3) is 4.89. The molecule has 0 spiro atoms. The summed E-state index contributed by atoms with van der Waals surface area (Å²) in [4.78, 5) is 16.0. The maximum Gasteiger partial charge on any atom is 0.417 e. The Kier molecular flexibility index (Phi) is 5.80. The lowest BCUT2D eigenvalue weighted by atomic mass is 10.0. The monoisotopic (exact) mass is 460 g/mol. The van der Waals surface area contributed by atoms with Crippen LogP contribution in [0.25, 0.3) is 0 Å². The number of nitrogens with zero attached hydrogens (tertiary/aromatic N) is 1. The van der Waals surface area contributed by atoms with Crippen molar-refractivity contribution in [3.63, 3.8) is 0 Å². The van der Waals surface area contributed by atoms with Gasteiger partial charge in [0.2, 0.25) is 5.91 Å². The number of hydrogen-bond acceptors (Lipinski definition) is 6. The SMILES string of the molecule is CC(Sc1ccc(C(F)(F)F)cn1)C(=O)NS(=O)(=O)c1cccc2c1OC(C)(C)C2. The molecule has 0 bridgehead atoms. The van der Waals surface area contributed by atoms with Crippen LogP contribution in [0, 0.1) is 0 Å². The third-order valence-electron chi connectivity index (χ3n) is 4.31. The normalized spacial score (nSPS) is 16.5. The molecule has 1 N–H and O–H groups in total. The average Bonchev–Trinajstić information content (AvgIpc) is 2.94. The van der Waals surface area contributed by atoms with Gasteiger partial charge < -0.3 is 4.74 Å². The number of carbonyl (C=O) groups is 1. The minimum absolute atomic E-state index is 0.135. The molecule has 1 amide bonds. The van der Waals surface area contributed by atoms with Gasteiger partial charge in [-0.15, -0.1) is 0 Å². The zero-order chi connectivity index (χ0) is 22.3. The average molecular weight is 460 g/mol. The number of thioether (sulfide) groups is 1. The minimum atomic E-state index is -4.51. The van der Waals surface area contributed by atoms with Crippen molar-refractivity contribution >= 4 is 27.7 Å². The van der Waals surface area contributed by atoms with Crippen LogP contribution >= 0.6 is 11.8 Å². The van der Waals surface area contributed by atoms with Crippen LogP contribution in [0.5, 0.6) is 5.75 Å². The Bertz CT molecular complexity index is 1070. The standard InChI is InChI=1S/C19H19F3N2O4S2/c1-11(29-15-8-7-13(10-23-15)19(20,21)22)17(25)24-30(26,27)14-6-4-5-12-9-18(2,3)28-16(12)14/h4-8,10-11H,9H2,1-3H3,(H,24,25). The van der Waals surface area contributed by atoms with Gasteiger partial charge in [-0.1, -0.05) is 23.9 Å². The zero-order valence-electron chi connectivity index (χ0n) is 16.3. The minimum Gasteiger partial charge on any atom is -0.486 e. The van der Waals surface area contributed by atoms with Crippen molar-refractivity contribution in [2.45, 2.75) is 54.1 Å². The van der Waals surface area contributed by atoms with Crippen LogP contribution < -0.4 is 9.46 Å². The molecule has 3 rings (SSSR count). The number of pyridine rings is 1. The molecule has 0 fully saturated rings. The fourth-order valence-corrected chi connectivity index (χ4v) is 5.01. The fourth-order valence-electron chi connectivity index (χ4n) is 2.92. The highest BCUT2D eigenvalue weighted by Gasteiger charge is 2.36. The lowest BCUT2D eigenvalue weighted by Crippen LogP contribution is -2.36. The molecule has 162 valence electrons. The Morgan fingerprint density at radius 1 is 1.27 bits per heavy atom. The molecule has 1 aliphatic rings. The summed E-state index contributed by atoms with van der Waals surface area (Å²) in [6.07, 6.45) is -3.32. The Hall–Kier alpha value is -2.27. The molecule has 2 aromatic rings. The molecule has 6 nitrogen and oxygen atoms in total. The van der Waals surface area contributed by atoms with Crippen molar-refractivity contribution in [2.24, 2.45) is 0 Å². The van der Waals surface area contributed by atoms with Gasteiger partial charge in [0.1, 0.15) is 16.2 Å². The highest BCUT2D eigenvalue weighted by molar-refractivity contribution is 8.00. The molecule has 0 saturated heterocycles. The Morgan fingerprint density at radius 3 is 2.57 bits per heavy atom. The second-order valence-corrected chi connectivity index (χ2v) is 10.4. The largest absolute Gasteiger partial charge is 0.486 e. The van der Waals surface area contributed by atoms with E-state index in [2.05, 4.69) is 4.98 Å². The van der Waals surface area contributed by atoms with Crippen LogP contribution in [0.3, 0.4) is 0 Å². The molecule has 1 aliphatic heterocycles. The first-order valence-electron chi connectivity index (χ1n) is 8.86. The van der Waals surface area contributed by atoms with Gasteiger partial charge in [0, 0.05) is 12.6 Å². The maximum absolute atomic E-state index is 12.8. The van der Waals surface area contributed by atoms with Crippen LogP contribution in [-0.2, 0) is 27.4 Å². The number of rotatable bonds is 5. The van der Waals surface area contributed by atoms with Crippen LogP contribution in [0.1, 0.15) is 31.9 Å². The van der Waals surface area contributed by atoms with Crippen LogP contribution in [0.2, 0.25) is 0 Å². The van der Waals surface area contributed by atoms with E-state index in [1.54, 1.807) is 12.1 Å². The van der Waals surface area contributed by atoms with Gasteiger partial charge in [0.15, 0.2) is 0 Å². The smallest absolute Gasteiger partial charge is 0.417 e. The summed E-state index contributed by atoms with van der Waals surface area (Å²) in [6, 6.07) is 6.67. The molecular weight excluding hydrogens is 441 g/mol. The van der Waals surface area contributed by atoms with E-state index in [1.807, 2.05) is 18.6 Å². The van der Waals surface area contributed by atoms with E-state index in [0.29, 0.717) is 12.6 Å². The Balaban J connectivity index is 1.72. The summed E-state index contributed by atoms with van der Waals surface area (Å²) < 4.78 is 71.1. The highest BCUT2D eigenvalue weighted by Crippen LogP contribution is 2.39. The van der Waals surface area contributed by atoms with Crippen molar-refractivity contribution < 1.29 is 31.1 Å². The molecule has 1 aromatic carbocycles. The van der Waals surface area contributed by atoms with Gasteiger partial charge >= 0.3 is 6.18 Å². The molecule has 0 aliphatic carbocycles. The molecule has 0 radical (unpaired) electrons. The third-order valence-corrected chi connectivity index (χ3v) is 6.73. The lowest BCUT2D eigenvalue weighted by molar-refractivity contribution is -0.137. The predicted octanol–water partition coefficient (Wildman–Crippen LogP) is 3.80. The number of fused-ring (bicyclic) bond motifs is 1. The van der Waals surface area contributed by atoms with E-state index in [0.717, 1.165) is 29.5 Å². The first kappa shape index (κ1) is 22.4. The number of para-hydroxylation sites is 1. The molecule has 2 heterocycles. The van der Waals surface area contributed by atoms with Crippen LogP contribution in [-0.4, -0.2) is 30.2 Å². The number of nitrogens with one attached hydrogen (secondary N) is 1.